The molecule has 1 rings (SSSR count). The molecule has 1 unspecified atom stereocenters. The van der Waals surface area contributed by atoms with Crippen molar-refractivity contribution in [2.24, 2.45) is 5.84 Å². The van der Waals surface area contributed by atoms with Crippen LogP contribution in [0.25, 0.3) is 0 Å². The minimum absolute atomic E-state index is 0.0542. The molecule has 102 valence electrons. The fraction of sp³-hybridized carbons (Fsp3) is 0.500. The monoisotopic (exact) mass is 324 g/mol. The average molecular weight is 325 g/mol. The number of nitrogens with one attached hydrogen (secondary N) is 1. The smallest absolute Gasteiger partial charge is 0.271 e. The maximum absolute atomic E-state index is 12.1. The Morgan fingerprint density at radius 3 is 2.56 bits per heavy atom. The fourth-order valence-corrected chi connectivity index (χ4v) is 2.52. The van der Waals surface area contributed by atoms with Crippen LogP contribution in [0.2, 0.25) is 0 Å². The molecule has 1 atom stereocenters. The van der Waals surface area contributed by atoms with Crippen LogP contribution in [0.15, 0.2) is 22.7 Å². The number of rotatable bonds is 5. The molecular weight excluding hydrogens is 309 g/mol. The number of hydrogen-bond acceptors (Lipinski definition) is 2. The molecule has 3 N–H and O–H groups in total. The van der Waals surface area contributed by atoms with E-state index in [1.165, 1.54) is 0 Å². The molecule has 0 radical (unpaired) electrons. The summed E-state index contributed by atoms with van der Waals surface area (Å²) in [5.74, 6) is 5.41. The van der Waals surface area contributed by atoms with Gasteiger partial charge in [0.2, 0.25) is 0 Å². The van der Waals surface area contributed by atoms with Gasteiger partial charge in [-0.05, 0) is 37.0 Å². The molecule has 0 spiro atoms. The molecule has 0 saturated carbocycles. The van der Waals surface area contributed by atoms with Crippen molar-refractivity contribution >= 4 is 15.9 Å². The van der Waals surface area contributed by atoms with Gasteiger partial charge < -0.3 is 0 Å². The first-order valence-corrected chi connectivity index (χ1v) is 6.41. The number of alkyl halides is 3. The number of benzene rings is 1. The second kappa shape index (κ2) is 6.54. The third kappa shape index (κ3) is 4.96. The van der Waals surface area contributed by atoms with E-state index in [9.17, 15) is 13.2 Å². The number of aryl methyl sites for hydroxylation is 1. The molecule has 1 aromatic carbocycles. The summed E-state index contributed by atoms with van der Waals surface area (Å²) >= 11 is 3.40. The van der Waals surface area contributed by atoms with Crippen LogP contribution in [0.1, 0.15) is 36.4 Å². The normalized spacial score (nSPS) is 13.7. The van der Waals surface area contributed by atoms with E-state index in [1.807, 2.05) is 25.1 Å². The molecule has 1 aromatic rings. The molecule has 0 fully saturated rings. The third-order valence-corrected chi connectivity index (χ3v) is 3.37. The van der Waals surface area contributed by atoms with Crippen molar-refractivity contribution in [2.45, 2.75) is 38.4 Å². The van der Waals surface area contributed by atoms with Crippen LogP contribution in [-0.4, -0.2) is 6.18 Å². The first kappa shape index (κ1) is 15.5. The number of hydrogen-bond donors (Lipinski definition) is 2. The highest BCUT2D eigenvalue weighted by atomic mass is 79.9. The van der Waals surface area contributed by atoms with Crippen LogP contribution in [-0.2, 0) is 0 Å². The van der Waals surface area contributed by atoms with Crippen molar-refractivity contribution in [2.75, 3.05) is 0 Å². The Hall–Kier alpha value is -0.590. The topological polar surface area (TPSA) is 38.0 Å². The molecule has 0 bridgehead atoms. The zero-order valence-corrected chi connectivity index (χ0v) is 11.6. The predicted molar refractivity (Wildman–Crippen MR) is 68.8 cm³/mol. The van der Waals surface area contributed by atoms with Gasteiger partial charge >= 0.3 is 6.18 Å². The van der Waals surface area contributed by atoms with Gasteiger partial charge in [0.15, 0.2) is 0 Å². The summed E-state index contributed by atoms with van der Waals surface area (Å²) in [6.45, 7) is 1.95. The van der Waals surface area contributed by atoms with Crippen LogP contribution < -0.4 is 11.3 Å². The van der Waals surface area contributed by atoms with Gasteiger partial charge in [0.1, 0.15) is 0 Å². The summed E-state index contributed by atoms with van der Waals surface area (Å²) in [5.41, 5.74) is 4.53. The van der Waals surface area contributed by atoms with Crippen LogP contribution in [0, 0.1) is 6.92 Å². The first-order chi connectivity index (χ1) is 8.33. The van der Waals surface area contributed by atoms with Crippen molar-refractivity contribution in [3.63, 3.8) is 0 Å². The van der Waals surface area contributed by atoms with Crippen LogP contribution in [0.3, 0.4) is 0 Å². The SMILES string of the molecule is Cc1ccc(C(CCCC(F)(F)F)NN)c(Br)c1. The Labute approximate surface area is 113 Å². The van der Waals surface area contributed by atoms with E-state index < -0.39 is 12.6 Å². The summed E-state index contributed by atoms with van der Waals surface area (Å²) in [7, 11) is 0. The Morgan fingerprint density at radius 1 is 1.39 bits per heavy atom. The summed E-state index contributed by atoms with van der Waals surface area (Å²) in [6, 6.07) is 5.43. The van der Waals surface area contributed by atoms with E-state index in [2.05, 4.69) is 21.4 Å². The standard InChI is InChI=1S/C12H16BrF3N2/c1-8-4-5-9(10(13)7-8)11(18-17)3-2-6-12(14,15)16/h4-5,7,11,18H,2-3,6,17H2,1H3. The third-order valence-electron chi connectivity index (χ3n) is 2.69. The largest absolute Gasteiger partial charge is 0.389 e. The van der Waals surface area contributed by atoms with Crippen LogP contribution in [0.5, 0.6) is 0 Å². The van der Waals surface area contributed by atoms with Crippen LogP contribution in [0.4, 0.5) is 13.2 Å². The van der Waals surface area contributed by atoms with Gasteiger partial charge in [-0.2, -0.15) is 13.2 Å². The van der Waals surface area contributed by atoms with Crippen molar-refractivity contribution < 1.29 is 13.2 Å². The van der Waals surface area contributed by atoms with E-state index in [1.54, 1.807) is 0 Å². The van der Waals surface area contributed by atoms with Gasteiger partial charge in [-0.25, -0.2) is 0 Å². The average Bonchev–Trinajstić information content (AvgIpc) is 2.24. The second-order valence-corrected chi connectivity index (χ2v) is 5.11. The zero-order valence-electron chi connectivity index (χ0n) is 10.0. The van der Waals surface area contributed by atoms with Gasteiger partial charge in [0, 0.05) is 16.9 Å². The second-order valence-electron chi connectivity index (χ2n) is 4.25. The maximum Gasteiger partial charge on any atom is 0.389 e. The number of nitrogens with two attached hydrogens (primary N) is 1. The molecule has 0 saturated heterocycles. The molecule has 18 heavy (non-hydrogen) atoms. The molecule has 0 aromatic heterocycles. The molecular formula is C12H16BrF3N2. The quantitative estimate of drug-likeness (QED) is 0.634. The van der Waals surface area contributed by atoms with Gasteiger partial charge in [0.25, 0.3) is 0 Å². The minimum Gasteiger partial charge on any atom is -0.271 e. The highest BCUT2D eigenvalue weighted by molar-refractivity contribution is 9.10. The summed E-state index contributed by atoms with van der Waals surface area (Å²) in [5, 5.41) is 0. The highest BCUT2D eigenvalue weighted by Gasteiger charge is 2.27. The van der Waals surface area contributed by atoms with Gasteiger partial charge in [-0.15, -0.1) is 0 Å². The lowest BCUT2D eigenvalue weighted by Crippen LogP contribution is -2.28. The van der Waals surface area contributed by atoms with Crippen molar-refractivity contribution in [3.8, 4) is 0 Å². The molecule has 0 aliphatic carbocycles. The van der Waals surface area contributed by atoms with Gasteiger partial charge in [-0.3, -0.25) is 11.3 Å². The van der Waals surface area contributed by atoms with Crippen molar-refractivity contribution in [1.82, 2.24) is 5.43 Å². The predicted octanol–water partition coefficient (Wildman–Crippen LogP) is 3.99. The lowest BCUT2D eigenvalue weighted by atomic mass is 10.0. The Kier molecular flexibility index (Phi) is 5.62. The van der Waals surface area contributed by atoms with Crippen molar-refractivity contribution in [3.05, 3.63) is 33.8 Å². The summed E-state index contributed by atoms with van der Waals surface area (Å²) in [6.07, 6.45) is -4.49. The number of halogens is 4. The Morgan fingerprint density at radius 2 is 2.06 bits per heavy atom. The van der Waals surface area contributed by atoms with E-state index in [-0.39, 0.29) is 12.5 Å². The lowest BCUT2D eigenvalue weighted by molar-refractivity contribution is -0.135. The molecule has 0 aliphatic heterocycles. The molecule has 0 amide bonds. The van der Waals surface area contributed by atoms with Gasteiger partial charge in [-0.1, -0.05) is 28.1 Å². The van der Waals surface area contributed by atoms with E-state index in [0.717, 1.165) is 15.6 Å². The lowest BCUT2D eigenvalue weighted by Gasteiger charge is -2.18. The highest BCUT2D eigenvalue weighted by Crippen LogP contribution is 2.29. The molecule has 6 heteroatoms. The van der Waals surface area contributed by atoms with E-state index in [0.29, 0.717) is 6.42 Å². The maximum atomic E-state index is 12.1. The molecule has 0 aliphatic rings. The van der Waals surface area contributed by atoms with Crippen LogP contribution >= 0.6 is 15.9 Å². The summed E-state index contributed by atoms with van der Waals surface area (Å²) < 4.78 is 37.1. The first-order valence-electron chi connectivity index (χ1n) is 5.62. The Bertz CT molecular complexity index is 393. The zero-order chi connectivity index (χ0) is 13.8. The molecule has 2 nitrogen and oxygen atoms in total. The van der Waals surface area contributed by atoms with E-state index in [4.69, 9.17) is 5.84 Å². The summed E-state index contributed by atoms with van der Waals surface area (Å²) in [4.78, 5) is 0. The minimum atomic E-state index is -4.11. The van der Waals surface area contributed by atoms with Crippen molar-refractivity contribution in [1.29, 1.82) is 0 Å². The van der Waals surface area contributed by atoms with E-state index >= 15 is 0 Å². The Balaban J connectivity index is 2.66. The molecule has 0 heterocycles. The fourth-order valence-electron chi connectivity index (χ4n) is 1.75. The number of hydrazine groups is 1. The van der Waals surface area contributed by atoms with Gasteiger partial charge in [0.05, 0.1) is 0 Å².